The summed E-state index contributed by atoms with van der Waals surface area (Å²) in [4.78, 5) is 27.8. The number of hydrogen-bond acceptors (Lipinski definition) is 2. The first-order valence-corrected chi connectivity index (χ1v) is 9.90. The van der Waals surface area contributed by atoms with Crippen molar-refractivity contribution >= 4 is 33.4 Å². The Balaban J connectivity index is 1.61. The SMILES string of the molecule is O=C(Nc1ccc(Br)cc1)[C@@H](Cc1ccccc1)N1Cc2ccccc2C1=O. The quantitative estimate of drug-likeness (QED) is 0.634. The molecule has 1 atom stereocenters. The van der Waals surface area contributed by atoms with Crippen molar-refractivity contribution in [3.63, 3.8) is 0 Å². The molecule has 4 nitrogen and oxygen atoms in total. The molecule has 140 valence electrons. The van der Waals surface area contributed by atoms with E-state index >= 15 is 0 Å². The number of nitrogens with zero attached hydrogens (tertiary/aromatic N) is 1. The van der Waals surface area contributed by atoms with Gasteiger partial charge in [-0.05, 0) is 41.5 Å². The molecule has 1 aliphatic rings. The second kappa shape index (κ2) is 7.98. The van der Waals surface area contributed by atoms with Crippen molar-refractivity contribution in [2.45, 2.75) is 19.0 Å². The maximum atomic E-state index is 13.2. The summed E-state index contributed by atoms with van der Waals surface area (Å²) in [5, 5.41) is 2.96. The summed E-state index contributed by atoms with van der Waals surface area (Å²) in [6, 6.07) is 24.2. The maximum absolute atomic E-state index is 13.2. The minimum Gasteiger partial charge on any atom is -0.324 e. The molecule has 0 aromatic heterocycles. The molecule has 0 unspecified atom stereocenters. The van der Waals surface area contributed by atoms with Gasteiger partial charge in [-0.25, -0.2) is 0 Å². The van der Waals surface area contributed by atoms with E-state index in [2.05, 4.69) is 21.2 Å². The highest BCUT2D eigenvalue weighted by molar-refractivity contribution is 9.10. The number of hydrogen-bond donors (Lipinski definition) is 1. The summed E-state index contributed by atoms with van der Waals surface area (Å²) in [6.45, 7) is 0.445. The molecule has 0 saturated heterocycles. The fourth-order valence-electron chi connectivity index (χ4n) is 3.47. The zero-order chi connectivity index (χ0) is 19.5. The molecule has 0 saturated carbocycles. The number of nitrogens with one attached hydrogen (secondary N) is 1. The van der Waals surface area contributed by atoms with Crippen LogP contribution in [0.3, 0.4) is 0 Å². The van der Waals surface area contributed by atoms with Crippen LogP contribution in [0.4, 0.5) is 5.69 Å². The topological polar surface area (TPSA) is 49.4 Å². The molecule has 1 N–H and O–H groups in total. The number of amides is 2. The Bertz CT molecular complexity index is 1000. The zero-order valence-electron chi connectivity index (χ0n) is 15.1. The highest BCUT2D eigenvalue weighted by Gasteiger charge is 2.36. The second-order valence-electron chi connectivity index (χ2n) is 6.79. The average molecular weight is 435 g/mol. The fourth-order valence-corrected chi connectivity index (χ4v) is 3.73. The van der Waals surface area contributed by atoms with Gasteiger partial charge in [-0.3, -0.25) is 9.59 Å². The Labute approximate surface area is 172 Å². The van der Waals surface area contributed by atoms with Crippen LogP contribution in [0.2, 0.25) is 0 Å². The predicted molar refractivity (Wildman–Crippen MR) is 113 cm³/mol. The molecule has 1 heterocycles. The summed E-state index contributed by atoms with van der Waals surface area (Å²) in [6.07, 6.45) is 0.461. The van der Waals surface area contributed by atoms with Crippen LogP contribution in [0, 0.1) is 0 Å². The third-order valence-corrected chi connectivity index (χ3v) is 5.44. The van der Waals surface area contributed by atoms with Crippen molar-refractivity contribution in [1.29, 1.82) is 0 Å². The number of rotatable bonds is 5. The number of anilines is 1. The molecular formula is C23H19BrN2O2. The Morgan fingerprint density at radius 3 is 2.36 bits per heavy atom. The van der Waals surface area contributed by atoms with Crippen molar-refractivity contribution in [3.05, 3.63) is 100 Å². The Kier molecular flexibility index (Phi) is 5.26. The van der Waals surface area contributed by atoms with E-state index in [1.165, 1.54) is 0 Å². The second-order valence-corrected chi connectivity index (χ2v) is 7.71. The molecule has 0 fully saturated rings. The van der Waals surface area contributed by atoms with E-state index in [9.17, 15) is 9.59 Å². The van der Waals surface area contributed by atoms with Crippen LogP contribution in [0.15, 0.2) is 83.3 Å². The van der Waals surface area contributed by atoms with Gasteiger partial charge in [-0.15, -0.1) is 0 Å². The summed E-state index contributed by atoms with van der Waals surface area (Å²) >= 11 is 3.40. The molecule has 3 aromatic carbocycles. The maximum Gasteiger partial charge on any atom is 0.255 e. The lowest BCUT2D eigenvalue weighted by atomic mass is 10.0. The Morgan fingerprint density at radius 1 is 0.964 bits per heavy atom. The molecule has 0 radical (unpaired) electrons. The Hall–Kier alpha value is -2.92. The van der Waals surface area contributed by atoms with Crippen LogP contribution in [0.1, 0.15) is 21.5 Å². The van der Waals surface area contributed by atoms with Crippen molar-refractivity contribution < 1.29 is 9.59 Å². The van der Waals surface area contributed by atoms with Gasteiger partial charge in [0, 0.05) is 28.7 Å². The minimum absolute atomic E-state index is 0.0949. The summed E-state index contributed by atoms with van der Waals surface area (Å²) < 4.78 is 0.941. The number of halogens is 1. The van der Waals surface area contributed by atoms with Crippen LogP contribution in [-0.2, 0) is 17.8 Å². The van der Waals surface area contributed by atoms with Gasteiger partial charge in [-0.2, -0.15) is 0 Å². The van der Waals surface area contributed by atoms with Crippen LogP contribution in [-0.4, -0.2) is 22.8 Å². The molecule has 28 heavy (non-hydrogen) atoms. The van der Waals surface area contributed by atoms with E-state index in [1.807, 2.05) is 78.9 Å². The van der Waals surface area contributed by atoms with E-state index in [1.54, 1.807) is 4.90 Å². The van der Waals surface area contributed by atoms with Crippen LogP contribution in [0.25, 0.3) is 0 Å². The Morgan fingerprint density at radius 2 is 1.64 bits per heavy atom. The van der Waals surface area contributed by atoms with E-state index < -0.39 is 6.04 Å². The van der Waals surface area contributed by atoms with Gasteiger partial charge >= 0.3 is 0 Å². The van der Waals surface area contributed by atoms with Crippen molar-refractivity contribution in [2.75, 3.05) is 5.32 Å². The molecule has 3 aromatic rings. The van der Waals surface area contributed by atoms with Gasteiger partial charge < -0.3 is 10.2 Å². The largest absolute Gasteiger partial charge is 0.324 e. The van der Waals surface area contributed by atoms with Crippen LogP contribution < -0.4 is 5.32 Å². The summed E-state index contributed by atoms with van der Waals surface area (Å²) in [7, 11) is 0. The first kappa shape index (κ1) is 18.4. The normalized spacial score (nSPS) is 13.9. The lowest BCUT2D eigenvalue weighted by molar-refractivity contribution is -0.120. The molecule has 5 heteroatoms. The third kappa shape index (κ3) is 3.85. The van der Waals surface area contributed by atoms with Gasteiger partial charge in [-0.1, -0.05) is 64.5 Å². The van der Waals surface area contributed by atoms with Gasteiger partial charge in [0.1, 0.15) is 6.04 Å². The molecule has 4 rings (SSSR count). The van der Waals surface area contributed by atoms with Gasteiger partial charge in [0.25, 0.3) is 5.91 Å². The van der Waals surface area contributed by atoms with Gasteiger partial charge in [0.05, 0.1) is 0 Å². The molecule has 0 spiro atoms. The van der Waals surface area contributed by atoms with Gasteiger partial charge in [0.2, 0.25) is 5.91 Å². The first-order valence-electron chi connectivity index (χ1n) is 9.11. The minimum atomic E-state index is -0.592. The average Bonchev–Trinajstić information content (AvgIpc) is 3.05. The van der Waals surface area contributed by atoms with E-state index in [0.29, 0.717) is 24.2 Å². The number of carbonyl (C=O) groups is 2. The standard InChI is InChI=1S/C23H19BrN2O2/c24-18-10-12-19(13-11-18)25-22(27)21(14-16-6-2-1-3-7-16)26-15-17-8-4-5-9-20(17)23(26)28/h1-13,21H,14-15H2,(H,25,27)/t21-/m1/s1. The predicted octanol–water partition coefficient (Wildman–Crippen LogP) is 4.65. The first-order chi connectivity index (χ1) is 13.6. The number of fused-ring (bicyclic) bond motifs is 1. The van der Waals surface area contributed by atoms with E-state index in [-0.39, 0.29) is 11.8 Å². The number of benzene rings is 3. The zero-order valence-corrected chi connectivity index (χ0v) is 16.7. The molecule has 0 bridgehead atoms. The highest BCUT2D eigenvalue weighted by Crippen LogP contribution is 2.26. The number of carbonyl (C=O) groups excluding carboxylic acids is 2. The monoisotopic (exact) mass is 434 g/mol. The summed E-state index contributed by atoms with van der Waals surface area (Å²) in [5.41, 5.74) is 3.36. The van der Waals surface area contributed by atoms with Crippen molar-refractivity contribution in [2.24, 2.45) is 0 Å². The lowest BCUT2D eigenvalue weighted by Gasteiger charge is -2.27. The molecule has 2 amide bonds. The summed E-state index contributed by atoms with van der Waals surface area (Å²) in [5.74, 6) is -0.283. The highest BCUT2D eigenvalue weighted by atomic mass is 79.9. The fraction of sp³-hybridized carbons (Fsp3) is 0.130. The van der Waals surface area contributed by atoms with Crippen molar-refractivity contribution in [3.8, 4) is 0 Å². The molecular weight excluding hydrogens is 416 g/mol. The third-order valence-electron chi connectivity index (χ3n) is 4.91. The van der Waals surface area contributed by atoms with E-state index in [0.717, 1.165) is 15.6 Å². The van der Waals surface area contributed by atoms with Crippen LogP contribution in [0.5, 0.6) is 0 Å². The van der Waals surface area contributed by atoms with Crippen molar-refractivity contribution in [1.82, 2.24) is 4.90 Å². The van der Waals surface area contributed by atoms with Crippen LogP contribution >= 0.6 is 15.9 Å². The molecule has 1 aliphatic heterocycles. The molecule has 0 aliphatic carbocycles. The lowest BCUT2D eigenvalue weighted by Crippen LogP contribution is -2.45. The smallest absolute Gasteiger partial charge is 0.255 e. The van der Waals surface area contributed by atoms with E-state index in [4.69, 9.17) is 0 Å². The van der Waals surface area contributed by atoms with Gasteiger partial charge in [0.15, 0.2) is 0 Å².